The molecule has 1 aromatic rings. The van der Waals surface area contributed by atoms with E-state index in [1.54, 1.807) is 6.07 Å². The summed E-state index contributed by atoms with van der Waals surface area (Å²) < 4.78 is 11.1. The highest BCUT2D eigenvalue weighted by Gasteiger charge is 2.15. The number of ether oxygens (including phenoxy) is 2. The fourth-order valence-corrected chi connectivity index (χ4v) is 2.54. The fraction of sp³-hybridized carbons (Fsp3) is 0.562. The normalized spacial score (nSPS) is 17.7. The topological polar surface area (TPSA) is 47.6 Å². The zero-order valence-corrected chi connectivity index (χ0v) is 13.1. The SMILES string of the molecule is Cc1cc(Cl)ccc1OCCCC(=O)NC[C@H]1CCCO1. The van der Waals surface area contributed by atoms with E-state index in [2.05, 4.69) is 5.32 Å². The van der Waals surface area contributed by atoms with Crippen LogP contribution in [0.25, 0.3) is 0 Å². The molecule has 1 amide bonds. The van der Waals surface area contributed by atoms with Crippen molar-refractivity contribution in [3.63, 3.8) is 0 Å². The highest BCUT2D eigenvalue weighted by molar-refractivity contribution is 6.30. The Morgan fingerprint density at radius 1 is 1.52 bits per heavy atom. The third kappa shape index (κ3) is 5.56. The highest BCUT2D eigenvalue weighted by atomic mass is 35.5. The van der Waals surface area contributed by atoms with Crippen LogP contribution in [0.3, 0.4) is 0 Å². The van der Waals surface area contributed by atoms with Crippen LogP contribution in [0, 0.1) is 6.92 Å². The summed E-state index contributed by atoms with van der Waals surface area (Å²) in [4.78, 5) is 11.7. The van der Waals surface area contributed by atoms with Crippen molar-refractivity contribution in [3.05, 3.63) is 28.8 Å². The Hall–Kier alpha value is -1.26. The molecule has 5 heteroatoms. The van der Waals surface area contributed by atoms with E-state index in [9.17, 15) is 4.79 Å². The summed E-state index contributed by atoms with van der Waals surface area (Å²) in [7, 11) is 0. The maximum atomic E-state index is 11.7. The van der Waals surface area contributed by atoms with Crippen LogP contribution in [0.4, 0.5) is 0 Å². The first-order valence-corrected chi connectivity index (χ1v) is 7.80. The molecule has 0 radical (unpaired) electrons. The number of benzene rings is 1. The van der Waals surface area contributed by atoms with E-state index in [1.807, 2.05) is 19.1 Å². The molecule has 2 rings (SSSR count). The minimum absolute atomic E-state index is 0.0573. The molecule has 4 nitrogen and oxygen atoms in total. The van der Waals surface area contributed by atoms with Crippen LogP contribution in [-0.4, -0.2) is 31.8 Å². The van der Waals surface area contributed by atoms with Crippen LogP contribution < -0.4 is 10.1 Å². The Balaban J connectivity index is 1.59. The first-order valence-electron chi connectivity index (χ1n) is 7.42. The average Bonchev–Trinajstić information content (AvgIpc) is 2.96. The standard InChI is InChI=1S/C16H22ClNO3/c1-12-10-13(17)6-7-15(12)21-9-3-5-16(19)18-11-14-4-2-8-20-14/h6-7,10,14H,2-5,8-9,11H2,1H3,(H,18,19)/t14-/m1/s1. The van der Waals surface area contributed by atoms with Gasteiger partial charge in [0, 0.05) is 24.6 Å². The largest absolute Gasteiger partial charge is 0.493 e. The number of hydrogen-bond donors (Lipinski definition) is 1. The van der Waals surface area contributed by atoms with Crippen LogP contribution in [-0.2, 0) is 9.53 Å². The van der Waals surface area contributed by atoms with Crippen molar-refractivity contribution in [2.75, 3.05) is 19.8 Å². The molecule has 21 heavy (non-hydrogen) atoms. The molecule has 1 aromatic carbocycles. The number of halogens is 1. The van der Waals surface area contributed by atoms with Crippen molar-refractivity contribution in [1.29, 1.82) is 0 Å². The van der Waals surface area contributed by atoms with Crippen molar-refractivity contribution < 1.29 is 14.3 Å². The van der Waals surface area contributed by atoms with Gasteiger partial charge in [-0.05, 0) is 49.9 Å². The lowest BCUT2D eigenvalue weighted by atomic mass is 10.2. The van der Waals surface area contributed by atoms with Crippen LogP contribution in [0.15, 0.2) is 18.2 Å². The smallest absolute Gasteiger partial charge is 0.220 e. The minimum atomic E-state index is 0.0573. The molecule has 1 saturated heterocycles. The van der Waals surface area contributed by atoms with Crippen LogP contribution in [0.2, 0.25) is 5.02 Å². The molecule has 0 aliphatic carbocycles. The van der Waals surface area contributed by atoms with Gasteiger partial charge in [0.1, 0.15) is 5.75 Å². The van der Waals surface area contributed by atoms with Gasteiger partial charge in [-0.15, -0.1) is 0 Å². The summed E-state index contributed by atoms with van der Waals surface area (Å²) in [5, 5.41) is 3.61. The van der Waals surface area contributed by atoms with Crippen molar-refractivity contribution in [2.24, 2.45) is 0 Å². The Morgan fingerprint density at radius 3 is 3.10 bits per heavy atom. The molecule has 1 aliphatic rings. The minimum Gasteiger partial charge on any atom is -0.493 e. The van der Waals surface area contributed by atoms with E-state index >= 15 is 0 Å². The average molecular weight is 312 g/mol. The quantitative estimate of drug-likeness (QED) is 0.787. The summed E-state index contributed by atoms with van der Waals surface area (Å²) in [5.41, 5.74) is 1.00. The second-order valence-corrected chi connectivity index (χ2v) is 5.74. The van der Waals surface area contributed by atoms with E-state index < -0.39 is 0 Å². The van der Waals surface area contributed by atoms with E-state index in [-0.39, 0.29) is 12.0 Å². The lowest BCUT2D eigenvalue weighted by Crippen LogP contribution is -2.31. The van der Waals surface area contributed by atoms with Gasteiger partial charge in [0.25, 0.3) is 0 Å². The molecular formula is C16H22ClNO3. The third-order valence-corrected chi connectivity index (χ3v) is 3.73. The maximum Gasteiger partial charge on any atom is 0.220 e. The Kier molecular flexibility index (Phi) is 6.33. The first-order chi connectivity index (χ1) is 10.1. The molecule has 1 N–H and O–H groups in total. The van der Waals surface area contributed by atoms with Crippen molar-refractivity contribution in [2.45, 2.75) is 38.7 Å². The summed E-state index contributed by atoms with van der Waals surface area (Å²) in [6.07, 6.45) is 3.49. The van der Waals surface area contributed by atoms with Gasteiger partial charge in [-0.3, -0.25) is 4.79 Å². The lowest BCUT2D eigenvalue weighted by molar-refractivity contribution is -0.121. The zero-order chi connectivity index (χ0) is 15.1. The number of rotatable bonds is 7. The number of hydrogen-bond acceptors (Lipinski definition) is 3. The second kappa shape index (κ2) is 8.25. The molecule has 1 fully saturated rings. The highest BCUT2D eigenvalue weighted by Crippen LogP contribution is 2.21. The molecule has 116 valence electrons. The van der Waals surface area contributed by atoms with Crippen molar-refractivity contribution in [3.8, 4) is 5.75 Å². The molecule has 1 aliphatic heterocycles. The molecular weight excluding hydrogens is 290 g/mol. The van der Waals surface area contributed by atoms with Gasteiger partial charge >= 0.3 is 0 Å². The molecule has 0 saturated carbocycles. The van der Waals surface area contributed by atoms with Gasteiger partial charge in [0.15, 0.2) is 0 Å². The fourth-order valence-electron chi connectivity index (χ4n) is 2.31. The zero-order valence-electron chi connectivity index (χ0n) is 12.4. The predicted octanol–water partition coefficient (Wildman–Crippen LogP) is 3.10. The van der Waals surface area contributed by atoms with Crippen LogP contribution in [0.1, 0.15) is 31.2 Å². The van der Waals surface area contributed by atoms with E-state index in [4.69, 9.17) is 21.1 Å². The van der Waals surface area contributed by atoms with Gasteiger partial charge in [-0.2, -0.15) is 0 Å². The predicted molar refractivity (Wildman–Crippen MR) is 82.9 cm³/mol. The Morgan fingerprint density at radius 2 is 2.38 bits per heavy atom. The van der Waals surface area contributed by atoms with Crippen LogP contribution in [0.5, 0.6) is 5.75 Å². The monoisotopic (exact) mass is 311 g/mol. The van der Waals surface area contributed by atoms with Gasteiger partial charge < -0.3 is 14.8 Å². The first kappa shape index (κ1) is 16.1. The van der Waals surface area contributed by atoms with Gasteiger partial charge in [-0.25, -0.2) is 0 Å². The molecule has 1 heterocycles. The molecule has 0 bridgehead atoms. The van der Waals surface area contributed by atoms with Gasteiger partial charge in [0.05, 0.1) is 12.7 Å². The summed E-state index contributed by atoms with van der Waals surface area (Å²) in [6, 6.07) is 5.53. The number of aryl methyl sites for hydroxylation is 1. The van der Waals surface area contributed by atoms with E-state index in [0.29, 0.717) is 31.0 Å². The molecule has 0 spiro atoms. The maximum absolute atomic E-state index is 11.7. The number of carbonyl (C=O) groups is 1. The Labute approximate surface area is 130 Å². The van der Waals surface area contributed by atoms with E-state index in [0.717, 1.165) is 30.8 Å². The second-order valence-electron chi connectivity index (χ2n) is 5.30. The van der Waals surface area contributed by atoms with Gasteiger partial charge in [-0.1, -0.05) is 11.6 Å². The van der Waals surface area contributed by atoms with Crippen molar-refractivity contribution in [1.82, 2.24) is 5.32 Å². The Bertz CT molecular complexity index is 473. The van der Waals surface area contributed by atoms with Crippen LogP contribution >= 0.6 is 11.6 Å². The molecule has 1 atom stereocenters. The lowest BCUT2D eigenvalue weighted by Gasteiger charge is -2.11. The summed E-state index contributed by atoms with van der Waals surface area (Å²) in [6.45, 7) is 3.91. The number of amides is 1. The summed E-state index contributed by atoms with van der Waals surface area (Å²) >= 11 is 5.89. The van der Waals surface area contributed by atoms with Gasteiger partial charge in [0.2, 0.25) is 5.91 Å². The third-order valence-electron chi connectivity index (χ3n) is 3.49. The molecule has 0 unspecified atom stereocenters. The van der Waals surface area contributed by atoms with Crippen molar-refractivity contribution >= 4 is 17.5 Å². The molecule has 0 aromatic heterocycles. The van der Waals surface area contributed by atoms with E-state index in [1.165, 1.54) is 0 Å². The number of carbonyl (C=O) groups excluding carboxylic acids is 1. The number of nitrogens with one attached hydrogen (secondary N) is 1. The summed E-state index contributed by atoms with van der Waals surface area (Å²) in [5.74, 6) is 0.876.